The first-order chi connectivity index (χ1) is 18.6. The van der Waals surface area contributed by atoms with Crippen LogP contribution in [0, 0.1) is 3.57 Å². The van der Waals surface area contributed by atoms with Crippen LogP contribution in [-0.2, 0) is 9.47 Å². The van der Waals surface area contributed by atoms with Gasteiger partial charge in [0.2, 0.25) is 0 Å². The first-order valence-electron chi connectivity index (χ1n) is 13.6. The zero-order chi connectivity index (χ0) is 25.9. The molecule has 3 aromatic carbocycles. The lowest BCUT2D eigenvalue weighted by Gasteiger charge is -2.32. The van der Waals surface area contributed by atoms with Crippen LogP contribution in [0.5, 0.6) is 17.2 Å². The Kier molecular flexibility index (Phi) is 7.90. The number of allylic oxidation sites excluding steroid dienone is 1. The number of benzene rings is 3. The Labute approximate surface area is 238 Å². The van der Waals surface area contributed by atoms with E-state index in [2.05, 4.69) is 78.0 Å². The summed E-state index contributed by atoms with van der Waals surface area (Å²) in [6.45, 7) is 3.69. The maximum absolute atomic E-state index is 6.77. The molecule has 0 radical (unpaired) electrons. The Morgan fingerprint density at radius 2 is 1.45 bits per heavy atom. The van der Waals surface area contributed by atoms with Gasteiger partial charge < -0.3 is 23.7 Å². The molecule has 6 heteroatoms. The van der Waals surface area contributed by atoms with Gasteiger partial charge in [-0.2, -0.15) is 0 Å². The van der Waals surface area contributed by atoms with Crippen LogP contribution in [0.1, 0.15) is 68.2 Å². The van der Waals surface area contributed by atoms with Crippen LogP contribution >= 0.6 is 22.6 Å². The molecule has 3 aliphatic rings. The smallest absolute Gasteiger partial charge is 0.199 e. The molecule has 0 saturated carbocycles. The highest BCUT2D eigenvalue weighted by molar-refractivity contribution is 14.1. The van der Waals surface area contributed by atoms with Crippen molar-refractivity contribution >= 4 is 33.7 Å². The second-order valence-corrected chi connectivity index (χ2v) is 11.3. The highest BCUT2D eigenvalue weighted by Crippen LogP contribution is 2.48. The van der Waals surface area contributed by atoms with Gasteiger partial charge in [0.05, 0.1) is 13.2 Å². The van der Waals surface area contributed by atoms with Gasteiger partial charge in [0, 0.05) is 33.6 Å². The van der Waals surface area contributed by atoms with Gasteiger partial charge in [-0.05, 0) is 108 Å². The molecule has 3 aliphatic heterocycles. The van der Waals surface area contributed by atoms with Crippen molar-refractivity contribution in [1.29, 1.82) is 0 Å². The summed E-state index contributed by atoms with van der Waals surface area (Å²) in [5.74, 6) is 2.42. The van der Waals surface area contributed by atoms with Crippen molar-refractivity contribution in [2.45, 2.75) is 64.1 Å². The fourth-order valence-electron chi connectivity index (χ4n) is 5.40. The summed E-state index contributed by atoms with van der Waals surface area (Å²) < 4.78 is 32.0. The predicted octanol–water partition coefficient (Wildman–Crippen LogP) is 8.17. The van der Waals surface area contributed by atoms with Gasteiger partial charge in [-0.3, -0.25) is 0 Å². The third-order valence-corrected chi connectivity index (χ3v) is 8.12. The van der Waals surface area contributed by atoms with Gasteiger partial charge in [-0.25, -0.2) is 0 Å². The second-order valence-electron chi connectivity index (χ2n) is 10.1. The van der Waals surface area contributed by atoms with E-state index in [1.165, 1.54) is 9.14 Å². The maximum Gasteiger partial charge on any atom is 0.199 e. The lowest BCUT2D eigenvalue weighted by molar-refractivity contribution is -0.106. The van der Waals surface area contributed by atoms with Crippen LogP contribution in [0.2, 0.25) is 0 Å². The van der Waals surface area contributed by atoms with Crippen LogP contribution in [0.4, 0.5) is 0 Å². The molecule has 0 bridgehead atoms. The molecule has 2 unspecified atom stereocenters. The number of fused-ring (bicyclic) bond motifs is 1. The number of ether oxygens (including phenoxy) is 5. The average molecular weight is 625 g/mol. The number of rotatable bonds is 6. The SMILES string of the molecule is CC1=C(c2cccc(O[C@H]3CCCCO3)c2)C(c2ccc(I)cc2)Oc2cc(OC3CCCCO3)ccc21. The largest absolute Gasteiger partial charge is 0.480 e. The van der Waals surface area contributed by atoms with Crippen molar-refractivity contribution in [2.24, 2.45) is 0 Å². The van der Waals surface area contributed by atoms with Crippen molar-refractivity contribution < 1.29 is 23.7 Å². The Balaban J connectivity index is 1.36. The monoisotopic (exact) mass is 624 g/mol. The lowest BCUT2D eigenvalue weighted by atomic mass is 9.86. The molecule has 38 heavy (non-hydrogen) atoms. The fourth-order valence-corrected chi connectivity index (χ4v) is 5.76. The fraction of sp³-hybridized carbons (Fsp3) is 0.375. The van der Waals surface area contributed by atoms with Gasteiger partial charge >= 0.3 is 0 Å². The zero-order valence-corrected chi connectivity index (χ0v) is 23.8. The molecular weight excluding hydrogens is 591 g/mol. The Morgan fingerprint density at radius 1 is 0.763 bits per heavy atom. The molecule has 6 rings (SSSR count). The summed E-state index contributed by atoms with van der Waals surface area (Å²) in [5, 5.41) is 0. The van der Waals surface area contributed by atoms with E-state index in [0.717, 1.165) is 91.3 Å². The molecule has 5 nitrogen and oxygen atoms in total. The Hall–Kier alpha value is -2.55. The first-order valence-corrected chi connectivity index (χ1v) is 14.7. The molecule has 0 amide bonds. The second kappa shape index (κ2) is 11.7. The van der Waals surface area contributed by atoms with E-state index < -0.39 is 0 Å². The van der Waals surface area contributed by atoms with Gasteiger partial charge in [0.25, 0.3) is 0 Å². The third-order valence-electron chi connectivity index (χ3n) is 7.40. The molecule has 3 atom stereocenters. The predicted molar refractivity (Wildman–Crippen MR) is 156 cm³/mol. The number of hydrogen-bond donors (Lipinski definition) is 0. The minimum absolute atomic E-state index is 0.184. The lowest BCUT2D eigenvalue weighted by Crippen LogP contribution is -2.25. The van der Waals surface area contributed by atoms with E-state index in [-0.39, 0.29) is 18.7 Å². The summed E-state index contributed by atoms with van der Waals surface area (Å²) in [4.78, 5) is 0. The van der Waals surface area contributed by atoms with Crippen molar-refractivity contribution in [2.75, 3.05) is 13.2 Å². The topological polar surface area (TPSA) is 46.2 Å². The average Bonchev–Trinajstić information content (AvgIpc) is 2.94. The van der Waals surface area contributed by atoms with Crippen LogP contribution in [0.3, 0.4) is 0 Å². The van der Waals surface area contributed by atoms with Crippen molar-refractivity contribution in [1.82, 2.24) is 0 Å². The van der Waals surface area contributed by atoms with E-state index in [4.69, 9.17) is 23.7 Å². The van der Waals surface area contributed by atoms with Gasteiger partial charge in [-0.15, -0.1) is 0 Å². The quantitative estimate of drug-likeness (QED) is 0.259. The summed E-state index contributed by atoms with van der Waals surface area (Å²) in [5.41, 5.74) is 5.58. The molecule has 2 fully saturated rings. The van der Waals surface area contributed by atoms with Crippen LogP contribution < -0.4 is 14.2 Å². The highest BCUT2D eigenvalue weighted by Gasteiger charge is 2.30. The molecule has 3 aromatic rings. The van der Waals surface area contributed by atoms with Gasteiger partial charge in [0.1, 0.15) is 23.4 Å². The standard InChI is InChI=1S/C32H33IO5/c1-21-27-16-15-26(37-30-10-3-5-18-35-30)20-28(27)38-32(22-11-13-24(33)14-12-22)31(21)23-7-6-8-25(19-23)36-29-9-2-4-17-34-29/h6-8,11-16,19-20,29-30,32H,2-5,9-10,17-18H2,1H3/t29-,30?,32?/m0/s1. The molecule has 198 valence electrons. The first kappa shape index (κ1) is 25.7. The van der Waals surface area contributed by atoms with E-state index in [1.807, 2.05) is 18.2 Å². The maximum atomic E-state index is 6.77. The van der Waals surface area contributed by atoms with Crippen LogP contribution in [0.15, 0.2) is 66.7 Å². The van der Waals surface area contributed by atoms with Crippen molar-refractivity contribution in [3.8, 4) is 17.2 Å². The van der Waals surface area contributed by atoms with Crippen molar-refractivity contribution in [3.05, 3.63) is 87.0 Å². The normalized spacial score (nSPS) is 23.4. The molecule has 0 spiro atoms. The molecule has 2 saturated heterocycles. The minimum Gasteiger partial charge on any atom is -0.480 e. The van der Waals surface area contributed by atoms with E-state index in [0.29, 0.717) is 0 Å². The van der Waals surface area contributed by atoms with E-state index >= 15 is 0 Å². The van der Waals surface area contributed by atoms with E-state index in [9.17, 15) is 0 Å². The van der Waals surface area contributed by atoms with E-state index in [1.54, 1.807) is 0 Å². The number of hydrogen-bond acceptors (Lipinski definition) is 5. The minimum atomic E-state index is -0.262. The third kappa shape index (κ3) is 5.72. The summed E-state index contributed by atoms with van der Waals surface area (Å²) in [7, 11) is 0. The molecule has 0 aliphatic carbocycles. The molecule has 0 N–H and O–H groups in total. The van der Waals surface area contributed by atoms with Gasteiger partial charge in [0.15, 0.2) is 12.6 Å². The summed E-state index contributed by atoms with van der Waals surface area (Å²) in [6.07, 6.45) is 5.64. The van der Waals surface area contributed by atoms with Crippen LogP contribution in [-0.4, -0.2) is 25.8 Å². The van der Waals surface area contributed by atoms with Crippen molar-refractivity contribution in [3.63, 3.8) is 0 Å². The van der Waals surface area contributed by atoms with Crippen LogP contribution in [0.25, 0.3) is 11.1 Å². The van der Waals surface area contributed by atoms with Gasteiger partial charge in [-0.1, -0.05) is 24.3 Å². The molecule has 3 heterocycles. The zero-order valence-electron chi connectivity index (χ0n) is 21.7. The molecule has 0 aromatic heterocycles. The Bertz CT molecular complexity index is 1290. The summed E-state index contributed by atoms with van der Waals surface area (Å²) in [6, 6.07) is 23.0. The molecular formula is C32H33IO5. The Morgan fingerprint density at radius 3 is 2.11 bits per heavy atom. The number of halogens is 1. The highest BCUT2D eigenvalue weighted by atomic mass is 127. The summed E-state index contributed by atoms with van der Waals surface area (Å²) >= 11 is 2.34.